The number of hydrogen-bond acceptors (Lipinski definition) is 4. The van der Waals surface area contributed by atoms with Gasteiger partial charge in [-0.3, -0.25) is 9.59 Å². The van der Waals surface area contributed by atoms with Crippen molar-refractivity contribution in [3.63, 3.8) is 0 Å². The van der Waals surface area contributed by atoms with Crippen molar-refractivity contribution >= 4 is 35.0 Å². The maximum absolute atomic E-state index is 12.4. The van der Waals surface area contributed by atoms with E-state index in [9.17, 15) is 9.59 Å². The Morgan fingerprint density at radius 1 is 0.828 bits per heavy atom. The number of methoxy groups -OCH3 is 1. The van der Waals surface area contributed by atoms with Crippen LogP contribution in [-0.2, 0) is 4.79 Å². The molecule has 3 rings (SSSR count). The number of carbonyl (C=O) groups excluding carboxylic acids is 2. The Labute approximate surface area is 174 Å². The van der Waals surface area contributed by atoms with Gasteiger partial charge in [0.1, 0.15) is 5.75 Å². The first-order valence-corrected chi connectivity index (χ1v) is 10.0. The van der Waals surface area contributed by atoms with Crippen LogP contribution >= 0.6 is 11.8 Å². The van der Waals surface area contributed by atoms with E-state index in [2.05, 4.69) is 10.6 Å². The Hall–Kier alpha value is -3.25. The minimum atomic E-state index is -0.240. The summed E-state index contributed by atoms with van der Waals surface area (Å²) in [6.45, 7) is 1.86. The molecule has 0 heterocycles. The molecule has 29 heavy (non-hydrogen) atoms. The molecule has 2 amide bonds. The smallest absolute Gasteiger partial charge is 0.255 e. The Kier molecular flexibility index (Phi) is 6.92. The standard InChI is InChI=1S/C23H22N2O3S/c1-16(29-21-6-4-3-5-7-21)22(26)24-18-10-8-17(9-11-18)23(27)25-19-12-14-20(28-2)15-13-19/h3-16H,1-2H3,(H,24,26)(H,25,27)/t16-/m1/s1. The summed E-state index contributed by atoms with van der Waals surface area (Å²) in [5.41, 5.74) is 1.84. The summed E-state index contributed by atoms with van der Waals surface area (Å²) >= 11 is 1.50. The van der Waals surface area contributed by atoms with E-state index in [1.807, 2.05) is 37.3 Å². The number of rotatable bonds is 7. The second-order valence-corrected chi connectivity index (χ2v) is 7.74. The molecule has 3 aromatic rings. The van der Waals surface area contributed by atoms with Crippen LogP contribution in [0.5, 0.6) is 5.75 Å². The lowest BCUT2D eigenvalue weighted by atomic mass is 10.2. The van der Waals surface area contributed by atoms with Crippen molar-refractivity contribution in [3.8, 4) is 5.75 Å². The van der Waals surface area contributed by atoms with Gasteiger partial charge < -0.3 is 15.4 Å². The molecule has 5 nitrogen and oxygen atoms in total. The minimum Gasteiger partial charge on any atom is -0.497 e. The maximum atomic E-state index is 12.4. The molecule has 2 N–H and O–H groups in total. The fourth-order valence-corrected chi connectivity index (χ4v) is 3.47. The molecule has 0 aliphatic carbocycles. The number of nitrogens with one attached hydrogen (secondary N) is 2. The van der Waals surface area contributed by atoms with Crippen molar-refractivity contribution in [2.24, 2.45) is 0 Å². The van der Waals surface area contributed by atoms with Crippen LogP contribution in [0.15, 0.2) is 83.8 Å². The van der Waals surface area contributed by atoms with E-state index >= 15 is 0 Å². The lowest BCUT2D eigenvalue weighted by molar-refractivity contribution is -0.115. The van der Waals surface area contributed by atoms with Crippen molar-refractivity contribution in [2.45, 2.75) is 17.1 Å². The van der Waals surface area contributed by atoms with Gasteiger partial charge in [-0.25, -0.2) is 0 Å². The molecule has 0 fully saturated rings. The van der Waals surface area contributed by atoms with Crippen LogP contribution in [0.2, 0.25) is 0 Å². The average molecular weight is 407 g/mol. The number of thioether (sulfide) groups is 1. The van der Waals surface area contributed by atoms with E-state index in [4.69, 9.17) is 4.74 Å². The van der Waals surface area contributed by atoms with Crippen molar-refractivity contribution < 1.29 is 14.3 Å². The van der Waals surface area contributed by atoms with Crippen molar-refractivity contribution in [2.75, 3.05) is 17.7 Å². The lowest BCUT2D eigenvalue weighted by Gasteiger charge is -2.12. The summed E-state index contributed by atoms with van der Waals surface area (Å²) in [5, 5.41) is 5.47. The summed E-state index contributed by atoms with van der Waals surface area (Å²) < 4.78 is 5.10. The second kappa shape index (κ2) is 9.80. The number of benzene rings is 3. The van der Waals surface area contributed by atoms with Gasteiger partial charge in [-0.15, -0.1) is 11.8 Å². The number of anilines is 2. The molecule has 0 saturated carbocycles. The van der Waals surface area contributed by atoms with E-state index in [0.29, 0.717) is 16.9 Å². The lowest BCUT2D eigenvalue weighted by Crippen LogP contribution is -2.22. The molecule has 0 aromatic heterocycles. The summed E-state index contributed by atoms with van der Waals surface area (Å²) in [6.07, 6.45) is 0. The molecular formula is C23H22N2O3S. The van der Waals surface area contributed by atoms with Crippen LogP contribution in [0.25, 0.3) is 0 Å². The second-order valence-electron chi connectivity index (χ2n) is 6.32. The highest BCUT2D eigenvalue weighted by atomic mass is 32.2. The zero-order valence-electron chi connectivity index (χ0n) is 16.2. The summed E-state index contributed by atoms with van der Waals surface area (Å²) in [5.74, 6) is 0.415. The molecule has 0 radical (unpaired) electrons. The molecule has 0 spiro atoms. The normalized spacial score (nSPS) is 11.4. The van der Waals surface area contributed by atoms with E-state index in [-0.39, 0.29) is 17.1 Å². The molecule has 148 valence electrons. The van der Waals surface area contributed by atoms with Crippen molar-refractivity contribution in [1.29, 1.82) is 0 Å². The molecule has 1 atom stereocenters. The van der Waals surface area contributed by atoms with Crippen LogP contribution in [0, 0.1) is 0 Å². The Balaban J connectivity index is 1.56. The van der Waals surface area contributed by atoms with Gasteiger partial charge in [-0.2, -0.15) is 0 Å². The predicted octanol–water partition coefficient (Wildman–Crippen LogP) is 5.07. The van der Waals surface area contributed by atoms with E-state index in [0.717, 1.165) is 10.6 Å². The Morgan fingerprint density at radius 3 is 2.03 bits per heavy atom. The highest BCUT2D eigenvalue weighted by Crippen LogP contribution is 2.24. The summed E-state index contributed by atoms with van der Waals surface area (Å²) in [4.78, 5) is 25.8. The molecule has 0 bridgehead atoms. The van der Waals surface area contributed by atoms with E-state index < -0.39 is 0 Å². The first kappa shape index (κ1) is 20.5. The van der Waals surface area contributed by atoms with Gasteiger partial charge in [0.2, 0.25) is 5.91 Å². The number of ether oxygens (including phenoxy) is 1. The molecule has 6 heteroatoms. The van der Waals surface area contributed by atoms with Crippen molar-refractivity contribution in [3.05, 3.63) is 84.4 Å². The monoisotopic (exact) mass is 406 g/mol. The third kappa shape index (κ3) is 5.86. The highest BCUT2D eigenvalue weighted by Gasteiger charge is 2.15. The Morgan fingerprint density at radius 2 is 1.41 bits per heavy atom. The first-order valence-electron chi connectivity index (χ1n) is 9.13. The molecule has 0 aliphatic rings. The van der Waals surface area contributed by atoms with Gasteiger partial charge in [-0.1, -0.05) is 18.2 Å². The number of amides is 2. The number of carbonyl (C=O) groups is 2. The fraction of sp³-hybridized carbons (Fsp3) is 0.130. The summed E-state index contributed by atoms with van der Waals surface area (Å²) in [7, 11) is 1.59. The van der Waals surface area contributed by atoms with Crippen molar-refractivity contribution in [1.82, 2.24) is 0 Å². The van der Waals surface area contributed by atoms with Crippen LogP contribution in [0.4, 0.5) is 11.4 Å². The van der Waals surface area contributed by atoms with Gasteiger partial charge in [0.05, 0.1) is 12.4 Å². The molecule has 0 aliphatic heterocycles. The van der Waals surface area contributed by atoms with E-state index in [1.54, 1.807) is 55.6 Å². The van der Waals surface area contributed by atoms with Gasteiger partial charge in [-0.05, 0) is 67.6 Å². The third-order valence-corrected chi connectivity index (χ3v) is 5.30. The maximum Gasteiger partial charge on any atom is 0.255 e. The third-order valence-electron chi connectivity index (χ3n) is 4.19. The van der Waals surface area contributed by atoms with Gasteiger partial charge in [0.15, 0.2) is 0 Å². The minimum absolute atomic E-state index is 0.0886. The Bertz CT molecular complexity index is 958. The fourth-order valence-electron chi connectivity index (χ4n) is 2.58. The van der Waals surface area contributed by atoms with Gasteiger partial charge in [0, 0.05) is 21.8 Å². The molecule has 3 aromatic carbocycles. The van der Waals surface area contributed by atoms with E-state index in [1.165, 1.54) is 11.8 Å². The number of hydrogen-bond donors (Lipinski definition) is 2. The average Bonchev–Trinajstić information content (AvgIpc) is 2.75. The molecule has 0 unspecified atom stereocenters. The van der Waals surface area contributed by atoms with Crippen LogP contribution in [0.1, 0.15) is 17.3 Å². The quantitative estimate of drug-likeness (QED) is 0.538. The van der Waals surface area contributed by atoms with Crippen LogP contribution in [-0.4, -0.2) is 24.2 Å². The SMILES string of the molecule is COc1ccc(NC(=O)c2ccc(NC(=O)[C@@H](C)Sc3ccccc3)cc2)cc1. The van der Waals surface area contributed by atoms with Gasteiger partial charge >= 0.3 is 0 Å². The summed E-state index contributed by atoms with van der Waals surface area (Å²) in [6, 6.07) is 23.7. The molecular weight excluding hydrogens is 384 g/mol. The zero-order chi connectivity index (χ0) is 20.6. The topological polar surface area (TPSA) is 67.4 Å². The van der Waals surface area contributed by atoms with Gasteiger partial charge in [0.25, 0.3) is 5.91 Å². The first-order chi connectivity index (χ1) is 14.0. The zero-order valence-corrected chi connectivity index (χ0v) is 17.0. The van der Waals surface area contributed by atoms with Crippen LogP contribution in [0.3, 0.4) is 0 Å². The largest absolute Gasteiger partial charge is 0.497 e. The highest BCUT2D eigenvalue weighted by molar-refractivity contribution is 8.00. The van der Waals surface area contributed by atoms with Crippen LogP contribution < -0.4 is 15.4 Å². The molecule has 0 saturated heterocycles. The predicted molar refractivity (Wildman–Crippen MR) is 118 cm³/mol.